The van der Waals surface area contributed by atoms with Crippen LogP contribution in [0.5, 0.6) is 5.75 Å². The van der Waals surface area contributed by atoms with E-state index in [1.165, 1.54) is 0 Å². The van der Waals surface area contributed by atoms with Gasteiger partial charge in [-0.15, -0.1) is 0 Å². The molecule has 2 aliphatic heterocycles. The van der Waals surface area contributed by atoms with Crippen molar-refractivity contribution < 1.29 is 17.9 Å². The Kier molecular flexibility index (Phi) is 4.99. The molecule has 132 valence electrons. The first-order chi connectivity index (χ1) is 11.5. The SMILES string of the molecule is COc1ccc(N2CCN(C(=O)C[C@@H]3CCS(=O)(=O)C3)CC2)cc1. The van der Waals surface area contributed by atoms with Crippen LogP contribution < -0.4 is 9.64 Å². The van der Waals surface area contributed by atoms with E-state index in [1.807, 2.05) is 29.2 Å². The molecule has 6 nitrogen and oxygen atoms in total. The minimum atomic E-state index is -2.91. The number of piperazine rings is 1. The van der Waals surface area contributed by atoms with Gasteiger partial charge in [-0.1, -0.05) is 0 Å². The number of hydrogen-bond donors (Lipinski definition) is 0. The van der Waals surface area contributed by atoms with Crippen LogP contribution in [0, 0.1) is 5.92 Å². The number of ether oxygens (including phenoxy) is 1. The number of carbonyl (C=O) groups excluding carboxylic acids is 1. The predicted octanol–water partition coefficient (Wildman–Crippen LogP) is 1.17. The van der Waals surface area contributed by atoms with E-state index in [2.05, 4.69) is 4.90 Å². The number of rotatable bonds is 4. The van der Waals surface area contributed by atoms with Gasteiger partial charge in [0, 0.05) is 38.3 Å². The molecular formula is C17H24N2O4S. The second-order valence-corrected chi connectivity index (χ2v) is 8.77. The molecule has 0 bridgehead atoms. The minimum absolute atomic E-state index is 0.00196. The van der Waals surface area contributed by atoms with Crippen LogP contribution in [0.15, 0.2) is 24.3 Å². The van der Waals surface area contributed by atoms with Crippen LogP contribution in [-0.2, 0) is 14.6 Å². The predicted molar refractivity (Wildman–Crippen MR) is 93.2 cm³/mol. The highest BCUT2D eigenvalue weighted by Gasteiger charge is 2.31. The van der Waals surface area contributed by atoms with Crippen molar-refractivity contribution in [1.29, 1.82) is 0 Å². The van der Waals surface area contributed by atoms with E-state index in [0.29, 0.717) is 25.9 Å². The molecule has 0 spiro atoms. The van der Waals surface area contributed by atoms with Gasteiger partial charge in [0.25, 0.3) is 0 Å². The van der Waals surface area contributed by atoms with E-state index in [9.17, 15) is 13.2 Å². The number of methoxy groups -OCH3 is 1. The molecular weight excluding hydrogens is 328 g/mol. The molecule has 0 unspecified atom stereocenters. The third-order valence-electron chi connectivity index (χ3n) is 4.86. The maximum Gasteiger partial charge on any atom is 0.223 e. The molecule has 1 atom stereocenters. The Hall–Kier alpha value is -1.76. The first kappa shape index (κ1) is 17.1. The minimum Gasteiger partial charge on any atom is -0.497 e. The zero-order valence-corrected chi connectivity index (χ0v) is 14.8. The van der Waals surface area contributed by atoms with Crippen molar-refractivity contribution in [3.05, 3.63) is 24.3 Å². The molecule has 2 saturated heterocycles. The molecule has 0 aliphatic carbocycles. The molecule has 1 aromatic rings. The number of sulfone groups is 1. The van der Waals surface area contributed by atoms with E-state index in [-0.39, 0.29) is 23.3 Å². The zero-order chi connectivity index (χ0) is 17.2. The van der Waals surface area contributed by atoms with Crippen molar-refractivity contribution in [3.8, 4) is 5.75 Å². The van der Waals surface area contributed by atoms with E-state index >= 15 is 0 Å². The molecule has 0 radical (unpaired) electrons. The fourth-order valence-electron chi connectivity index (χ4n) is 3.42. The first-order valence-electron chi connectivity index (χ1n) is 8.34. The fourth-order valence-corrected chi connectivity index (χ4v) is 5.28. The third-order valence-corrected chi connectivity index (χ3v) is 6.70. The molecule has 0 aromatic heterocycles. The summed E-state index contributed by atoms with van der Waals surface area (Å²) in [7, 11) is -1.26. The maximum absolute atomic E-state index is 12.4. The summed E-state index contributed by atoms with van der Waals surface area (Å²) in [5.41, 5.74) is 1.13. The quantitative estimate of drug-likeness (QED) is 0.814. The van der Waals surface area contributed by atoms with Crippen LogP contribution in [0.4, 0.5) is 5.69 Å². The van der Waals surface area contributed by atoms with Gasteiger partial charge in [-0.05, 0) is 36.6 Å². The number of amides is 1. The molecule has 0 saturated carbocycles. The van der Waals surface area contributed by atoms with Crippen LogP contribution in [0.1, 0.15) is 12.8 Å². The number of benzene rings is 1. The van der Waals surface area contributed by atoms with Gasteiger partial charge in [0.05, 0.1) is 18.6 Å². The molecule has 2 fully saturated rings. The summed E-state index contributed by atoms with van der Waals surface area (Å²) in [5.74, 6) is 1.33. The van der Waals surface area contributed by atoms with Gasteiger partial charge in [0.2, 0.25) is 5.91 Å². The van der Waals surface area contributed by atoms with Gasteiger partial charge in [-0.2, -0.15) is 0 Å². The Morgan fingerprint density at radius 1 is 1.17 bits per heavy atom. The number of anilines is 1. The average molecular weight is 352 g/mol. The summed E-state index contributed by atoms with van der Waals surface area (Å²) >= 11 is 0. The Morgan fingerprint density at radius 2 is 1.83 bits per heavy atom. The highest BCUT2D eigenvalue weighted by atomic mass is 32.2. The van der Waals surface area contributed by atoms with Crippen molar-refractivity contribution >= 4 is 21.4 Å². The Bertz CT molecular complexity index is 679. The smallest absolute Gasteiger partial charge is 0.223 e. The largest absolute Gasteiger partial charge is 0.497 e. The lowest BCUT2D eigenvalue weighted by Gasteiger charge is -2.36. The molecule has 2 heterocycles. The monoisotopic (exact) mass is 352 g/mol. The van der Waals surface area contributed by atoms with E-state index < -0.39 is 9.84 Å². The van der Waals surface area contributed by atoms with Crippen LogP contribution in [0.3, 0.4) is 0 Å². The Balaban J connectivity index is 1.50. The summed E-state index contributed by atoms with van der Waals surface area (Å²) in [4.78, 5) is 16.5. The van der Waals surface area contributed by atoms with E-state index in [1.54, 1.807) is 7.11 Å². The Morgan fingerprint density at radius 3 is 2.38 bits per heavy atom. The topological polar surface area (TPSA) is 66.9 Å². The molecule has 2 aliphatic rings. The lowest BCUT2D eigenvalue weighted by atomic mass is 10.0. The maximum atomic E-state index is 12.4. The summed E-state index contributed by atoms with van der Waals surface area (Å²) in [6.45, 7) is 2.96. The van der Waals surface area contributed by atoms with Gasteiger partial charge in [-0.3, -0.25) is 4.79 Å². The van der Waals surface area contributed by atoms with Gasteiger partial charge in [0.1, 0.15) is 5.75 Å². The third kappa shape index (κ3) is 4.01. The molecule has 24 heavy (non-hydrogen) atoms. The molecule has 3 rings (SSSR count). The summed E-state index contributed by atoms with van der Waals surface area (Å²) < 4.78 is 28.2. The second kappa shape index (κ2) is 7.01. The van der Waals surface area contributed by atoms with Crippen molar-refractivity contribution in [3.63, 3.8) is 0 Å². The zero-order valence-electron chi connectivity index (χ0n) is 14.0. The van der Waals surface area contributed by atoms with Gasteiger partial charge >= 0.3 is 0 Å². The highest BCUT2D eigenvalue weighted by molar-refractivity contribution is 7.91. The highest BCUT2D eigenvalue weighted by Crippen LogP contribution is 2.24. The van der Waals surface area contributed by atoms with E-state index in [0.717, 1.165) is 24.5 Å². The first-order valence-corrected chi connectivity index (χ1v) is 10.2. The lowest BCUT2D eigenvalue weighted by molar-refractivity contribution is -0.132. The standard InChI is InChI=1S/C17H24N2O4S/c1-23-16-4-2-15(3-5-16)18-7-9-19(10-8-18)17(20)12-14-6-11-24(21,22)13-14/h2-5,14H,6-13H2,1H3/t14-/m0/s1. The van der Waals surface area contributed by atoms with Crippen LogP contribution in [-0.4, -0.2) is 64.0 Å². The van der Waals surface area contributed by atoms with Gasteiger partial charge < -0.3 is 14.5 Å². The van der Waals surface area contributed by atoms with Crippen molar-refractivity contribution in [2.24, 2.45) is 5.92 Å². The average Bonchev–Trinajstić information content (AvgIpc) is 2.93. The van der Waals surface area contributed by atoms with Crippen LogP contribution in [0.2, 0.25) is 0 Å². The van der Waals surface area contributed by atoms with Gasteiger partial charge in [-0.25, -0.2) is 8.42 Å². The number of nitrogens with zero attached hydrogens (tertiary/aromatic N) is 2. The summed E-state index contributed by atoms with van der Waals surface area (Å²) in [6.07, 6.45) is 0.988. The molecule has 1 amide bonds. The lowest BCUT2D eigenvalue weighted by Crippen LogP contribution is -2.49. The van der Waals surface area contributed by atoms with Crippen molar-refractivity contribution in [2.45, 2.75) is 12.8 Å². The molecule has 7 heteroatoms. The number of hydrogen-bond acceptors (Lipinski definition) is 5. The molecule has 0 N–H and O–H groups in total. The van der Waals surface area contributed by atoms with Crippen molar-refractivity contribution in [2.75, 3.05) is 49.7 Å². The van der Waals surface area contributed by atoms with Gasteiger partial charge in [0.15, 0.2) is 9.84 Å². The summed E-state index contributed by atoms with van der Waals surface area (Å²) in [5, 5.41) is 0. The second-order valence-electron chi connectivity index (χ2n) is 6.54. The summed E-state index contributed by atoms with van der Waals surface area (Å²) in [6, 6.07) is 7.93. The van der Waals surface area contributed by atoms with Crippen molar-refractivity contribution in [1.82, 2.24) is 4.90 Å². The number of carbonyl (C=O) groups is 1. The normalized spacial score (nSPS) is 23.3. The van der Waals surface area contributed by atoms with E-state index in [4.69, 9.17) is 4.74 Å². The van der Waals surface area contributed by atoms with Crippen LogP contribution >= 0.6 is 0 Å². The Labute approximate surface area is 143 Å². The fraction of sp³-hybridized carbons (Fsp3) is 0.588. The molecule has 1 aromatic carbocycles. The van der Waals surface area contributed by atoms with Crippen LogP contribution in [0.25, 0.3) is 0 Å².